The second-order valence-electron chi connectivity index (χ2n) is 5.71. The summed E-state index contributed by atoms with van der Waals surface area (Å²) < 4.78 is 26.6. The summed E-state index contributed by atoms with van der Waals surface area (Å²) in [6.07, 6.45) is -6.63. The van der Waals surface area contributed by atoms with E-state index in [-0.39, 0.29) is 6.54 Å². The van der Waals surface area contributed by atoms with Crippen LogP contribution in [-0.2, 0) is 23.7 Å². The first-order valence-corrected chi connectivity index (χ1v) is 7.07. The van der Waals surface area contributed by atoms with Gasteiger partial charge in [-0.05, 0) is 0 Å². The molecule has 126 valence electrons. The summed E-state index contributed by atoms with van der Waals surface area (Å²) in [5, 5.41) is 18.4. The molecule has 0 aliphatic carbocycles. The SMILES string of the molecule is O=NCC1OC(OC2OC3OC3C(O)C2N=O)C(N=O)C2OC12. The summed E-state index contributed by atoms with van der Waals surface area (Å²) in [5.74, 6) is 0. The molecular formula is C11H13N3O9. The Morgan fingerprint density at radius 2 is 1.61 bits per heavy atom. The number of aliphatic hydroxyl groups is 1. The van der Waals surface area contributed by atoms with E-state index in [9.17, 15) is 19.8 Å². The van der Waals surface area contributed by atoms with Crippen molar-refractivity contribution >= 4 is 0 Å². The zero-order valence-corrected chi connectivity index (χ0v) is 11.5. The van der Waals surface area contributed by atoms with Gasteiger partial charge in [0.25, 0.3) is 0 Å². The van der Waals surface area contributed by atoms with Gasteiger partial charge in [0.1, 0.15) is 37.1 Å². The van der Waals surface area contributed by atoms with Gasteiger partial charge in [0.05, 0.1) is 0 Å². The predicted octanol–water partition coefficient (Wildman–Crippen LogP) is -1.03. The Kier molecular flexibility index (Phi) is 3.66. The number of rotatable bonds is 6. The van der Waals surface area contributed by atoms with Crippen LogP contribution in [0.15, 0.2) is 15.5 Å². The molecule has 4 saturated heterocycles. The molecule has 4 rings (SSSR count). The molecule has 0 bridgehead atoms. The van der Waals surface area contributed by atoms with Crippen LogP contribution in [0.1, 0.15) is 0 Å². The maximum Gasteiger partial charge on any atom is 0.192 e. The molecule has 12 nitrogen and oxygen atoms in total. The fourth-order valence-corrected chi connectivity index (χ4v) is 3.02. The summed E-state index contributed by atoms with van der Waals surface area (Å²) in [5.41, 5.74) is 0. The molecule has 0 amide bonds. The van der Waals surface area contributed by atoms with Crippen LogP contribution < -0.4 is 0 Å². The number of hydrogen-bond acceptors (Lipinski definition) is 12. The van der Waals surface area contributed by atoms with Crippen LogP contribution >= 0.6 is 0 Å². The van der Waals surface area contributed by atoms with E-state index in [0.717, 1.165) is 0 Å². The molecule has 0 aromatic rings. The van der Waals surface area contributed by atoms with Crippen molar-refractivity contribution in [1.29, 1.82) is 0 Å². The molecule has 10 unspecified atom stereocenters. The number of fused-ring (bicyclic) bond motifs is 2. The third-order valence-corrected chi connectivity index (χ3v) is 4.33. The van der Waals surface area contributed by atoms with Crippen molar-refractivity contribution in [3.8, 4) is 0 Å². The van der Waals surface area contributed by atoms with Gasteiger partial charge in [-0.3, -0.25) is 0 Å². The van der Waals surface area contributed by atoms with E-state index >= 15 is 0 Å². The molecule has 12 heteroatoms. The summed E-state index contributed by atoms with van der Waals surface area (Å²) in [4.78, 5) is 32.4. The molecule has 10 atom stereocenters. The molecule has 4 heterocycles. The zero-order chi connectivity index (χ0) is 16.1. The first-order chi connectivity index (χ1) is 11.2. The van der Waals surface area contributed by atoms with Gasteiger partial charge in [-0.15, -0.1) is 0 Å². The van der Waals surface area contributed by atoms with Gasteiger partial charge in [-0.25, -0.2) is 0 Å². The topological polar surface area (TPSA) is 161 Å². The second-order valence-corrected chi connectivity index (χ2v) is 5.71. The lowest BCUT2D eigenvalue weighted by atomic mass is 10.0. The van der Waals surface area contributed by atoms with Gasteiger partial charge in [-0.2, -0.15) is 14.7 Å². The number of aliphatic hydroxyl groups excluding tert-OH is 1. The van der Waals surface area contributed by atoms with E-state index in [0.29, 0.717) is 0 Å². The van der Waals surface area contributed by atoms with Gasteiger partial charge in [0.2, 0.25) is 0 Å². The smallest absolute Gasteiger partial charge is 0.192 e. The highest BCUT2D eigenvalue weighted by Crippen LogP contribution is 2.42. The average molecular weight is 331 g/mol. The fraction of sp³-hybridized carbons (Fsp3) is 1.00. The molecule has 0 aromatic carbocycles. The first-order valence-electron chi connectivity index (χ1n) is 7.07. The summed E-state index contributed by atoms with van der Waals surface area (Å²) in [6, 6.07) is -2.23. The number of hydrogen-bond donors (Lipinski definition) is 1. The van der Waals surface area contributed by atoms with Crippen LogP contribution in [0.25, 0.3) is 0 Å². The van der Waals surface area contributed by atoms with Crippen molar-refractivity contribution in [3.63, 3.8) is 0 Å². The number of nitrogens with zero attached hydrogens (tertiary/aromatic N) is 3. The number of epoxide rings is 2. The van der Waals surface area contributed by atoms with Crippen LogP contribution in [0.2, 0.25) is 0 Å². The van der Waals surface area contributed by atoms with Crippen LogP contribution in [0.4, 0.5) is 0 Å². The van der Waals surface area contributed by atoms with Gasteiger partial charge < -0.3 is 28.8 Å². The molecule has 4 aliphatic rings. The van der Waals surface area contributed by atoms with Crippen LogP contribution in [0.3, 0.4) is 0 Å². The molecular weight excluding hydrogens is 318 g/mol. The number of ether oxygens (including phenoxy) is 5. The Bertz CT molecular complexity index is 521. The molecule has 0 radical (unpaired) electrons. The summed E-state index contributed by atoms with van der Waals surface area (Å²) >= 11 is 0. The van der Waals surface area contributed by atoms with Crippen molar-refractivity contribution in [1.82, 2.24) is 0 Å². The van der Waals surface area contributed by atoms with Crippen LogP contribution in [0, 0.1) is 14.7 Å². The van der Waals surface area contributed by atoms with E-state index in [4.69, 9.17) is 23.7 Å². The Hall–Kier alpha value is -1.44. The minimum Gasteiger partial charge on any atom is -0.388 e. The molecule has 23 heavy (non-hydrogen) atoms. The normalized spacial score (nSPS) is 53.6. The molecule has 4 fully saturated rings. The molecule has 0 aromatic heterocycles. The van der Waals surface area contributed by atoms with Crippen molar-refractivity contribution < 1.29 is 28.8 Å². The van der Waals surface area contributed by atoms with Crippen molar-refractivity contribution in [2.75, 3.05) is 6.54 Å². The Labute approximate surface area is 128 Å². The highest BCUT2D eigenvalue weighted by atomic mass is 16.9. The lowest BCUT2D eigenvalue weighted by Gasteiger charge is -2.34. The third kappa shape index (κ3) is 2.47. The lowest BCUT2D eigenvalue weighted by Crippen LogP contribution is -2.53. The first kappa shape index (κ1) is 15.1. The minimum atomic E-state index is -1.26. The van der Waals surface area contributed by atoms with Gasteiger partial charge >= 0.3 is 0 Å². The summed E-state index contributed by atoms with van der Waals surface area (Å²) in [6.45, 7) is -0.177. The molecule has 0 spiro atoms. The minimum absolute atomic E-state index is 0.177. The molecule has 0 saturated carbocycles. The largest absolute Gasteiger partial charge is 0.388 e. The maximum atomic E-state index is 11.0. The van der Waals surface area contributed by atoms with Gasteiger partial charge in [0, 0.05) is 0 Å². The Balaban J connectivity index is 1.48. The van der Waals surface area contributed by atoms with E-state index < -0.39 is 61.5 Å². The van der Waals surface area contributed by atoms with Crippen molar-refractivity contribution in [2.45, 2.75) is 61.5 Å². The lowest BCUT2D eigenvalue weighted by molar-refractivity contribution is -0.293. The van der Waals surface area contributed by atoms with Crippen LogP contribution in [0.5, 0.6) is 0 Å². The van der Waals surface area contributed by atoms with Crippen molar-refractivity contribution in [2.24, 2.45) is 15.5 Å². The van der Waals surface area contributed by atoms with E-state index in [1.807, 2.05) is 0 Å². The van der Waals surface area contributed by atoms with Crippen molar-refractivity contribution in [3.05, 3.63) is 14.7 Å². The molecule has 1 N–H and O–H groups in total. The highest BCUT2D eigenvalue weighted by molar-refractivity contribution is 5.06. The quantitative estimate of drug-likeness (QED) is 0.474. The third-order valence-electron chi connectivity index (χ3n) is 4.33. The monoisotopic (exact) mass is 331 g/mol. The summed E-state index contributed by atoms with van der Waals surface area (Å²) in [7, 11) is 0. The Morgan fingerprint density at radius 3 is 2.30 bits per heavy atom. The van der Waals surface area contributed by atoms with E-state index in [1.165, 1.54) is 0 Å². The van der Waals surface area contributed by atoms with Gasteiger partial charge in [-0.1, -0.05) is 15.5 Å². The average Bonchev–Trinajstić information content (AvgIpc) is 3.41. The van der Waals surface area contributed by atoms with Crippen LogP contribution in [-0.4, -0.2) is 73.1 Å². The highest BCUT2D eigenvalue weighted by Gasteiger charge is 2.62. The zero-order valence-electron chi connectivity index (χ0n) is 11.5. The standard InChI is InChI=1S/C11H13N3O9/c15-5-3(13-17)9(23-11-8(5)21-11)22-10-4(14-18)7-6(20-7)2(19-10)1-12-16/h2-11,15H,1H2. The fourth-order valence-electron chi connectivity index (χ4n) is 3.02. The molecule has 4 aliphatic heterocycles. The number of nitroso groups, excluding NO2 is 3. The van der Waals surface area contributed by atoms with E-state index in [1.54, 1.807) is 0 Å². The predicted molar refractivity (Wildman–Crippen MR) is 67.8 cm³/mol. The second kappa shape index (κ2) is 5.58. The van der Waals surface area contributed by atoms with E-state index in [2.05, 4.69) is 15.5 Å². The Morgan fingerprint density at radius 1 is 0.870 bits per heavy atom. The maximum absolute atomic E-state index is 11.0. The van der Waals surface area contributed by atoms with Gasteiger partial charge in [0.15, 0.2) is 31.0 Å².